The predicted molar refractivity (Wildman–Crippen MR) is 148 cm³/mol. The number of aryl methyl sites for hydroxylation is 1. The van der Waals surface area contributed by atoms with E-state index in [0.717, 1.165) is 75.5 Å². The molecule has 37 heavy (non-hydrogen) atoms. The van der Waals surface area contributed by atoms with E-state index in [1.54, 1.807) is 0 Å². The van der Waals surface area contributed by atoms with Crippen molar-refractivity contribution >= 4 is 35.9 Å². The molecule has 2 aliphatic rings. The van der Waals surface area contributed by atoms with Crippen LogP contribution in [-0.4, -0.2) is 66.3 Å². The second kappa shape index (κ2) is 14.2. The Kier molecular flexibility index (Phi) is 11.4. The largest absolute Gasteiger partial charge is 0.493 e. The number of rotatable bonds is 9. The molecule has 0 bridgehead atoms. The second-order valence-electron chi connectivity index (χ2n) is 10.4. The number of aromatic nitrogens is 2. The van der Waals surface area contributed by atoms with Crippen LogP contribution in [0.25, 0.3) is 0 Å². The van der Waals surface area contributed by atoms with E-state index < -0.39 is 6.09 Å². The van der Waals surface area contributed by atoms with E-state index in [9.17, 15) is 4.79 Å². The number of benzene rings is 1. The maximum Gasteiger partial charge on any atom is 0.413 e. The molecule has 1 aromatic heterocycles. The van der Waals surface area contributed by atoms with Crippen molar-refractivity contribution in [2.24, 2.45) is 11.8 Å². The number of nitrogens with one attached hydrogen (secondary N) is 1. The minimum Gasteiger partial charge on any atom is -0.493 e. The fourth-order valence-corrected chi connectivity index (χ4v) is 5.02. The van der Waals surface area contributed by atoms with Crippen molar-refractivity contribution < 1.29 is 19.0 Å². The van der Waals surface area contributed by atoms with Crippen molar-refractivity contribution in [1.29, 1.82) is 0 Å². The van der Waals surface area contributed by atoms with Crippen LogP contribution in [0, 0.1) is 18.8 Å². The van der Waals surface area contributed by atoms with Crippen LogP contribution in [0.3, 0.4) is 0 Å². The monoisotopic (exact) mass is 554 g/mol. The molecule has 10 heteroatoms. The number of hydrogen-bond donors (Lipinski definition) is 1. The molecule has 1 aliphatic carbocycles. The molecule has 1 aliphatic heterocycles. The Morgan fingerprint density at radius 1 is 1.19 bits per heavy atom. The number of carbonyl (C=O) groups is 1. The quantitative estimate of drug-likeness (QED) is 0.422. The van der Waals surface area contributed by atoms with Gasteiger partial charge in [-0.2, -0.15) is 5.10 Å². The molecule has 1 N–H and O–H groups in total. The lowest BCUT2D eigenvalue weighted by Crippen LogP contribution is -2.40. The molecule has 1 amide bonds. The van der Waals surface area contributed by atoms with Crippen molar-refractivity contribution in [3.63, 3.8) is 0 Å². The molecule has 206 valence electrons. The van der Waals surface area contributed by atoms with Gasteiger partial charge in [-0.05, 0) is 62.6 Å². The molecule has 0 atom stereocenters. The minimum atomic E-state index is -0.444. The molecule has 1 saturated heterocycles. The van der Waals surface area contributed by atoms with Crippen molar-refractivity contribution in [3.8, 4) is 5.75 Å². The number of amides is 1. The first-order chi connectivity index (χ1) is 17.4. The zero-order valence-electron chi connectivity index (χ0n) is 22.1. The first-order valence-electron chi connectivity index (χ1n) is 13.1. The van der Waals surface area contributed by atoms with Gasteiger partial charge < -0.3 is 14.2 Å². The van der Waals surface area contributed by atoms with Crippen LogP contribution >= 0.6 is 24.0 Å². The smallest absolute Gasteiger partial charge is 0.413 e. The summed E-state index contributed by atoms with van der Waals surface area (Å²) < 4.78 is 19.0. The van der Waals surface area contributed by atoms with E-state index in [4.69, 9.17) is 25.8 Å². The Hall–Kier alpha value is -2.00. The Labute approximate surface area is 231 Å². The highest BCUT2D eigenvalue weighted by Gasteiger charge is 2.26. The van der Waals surface area contributed by atoms with Gasteiger partial charge in [0.25, 0.3) is 0 Å². The second-order valence-corrected chi connectivity index (χ2v) is 10.8. The lowest BCUT2D eigenvalue weighted by molar-refractivity contribution is 0.0198. The van der Waals surface area contributed by atoms with Crippen molar-refractivity contribution in [2.75, 3.05) is 44.8 Å². The van der Waals surface area contributed by atoms with Gasteiger partial charge in [-0.25, -0.2) is 4.79 Å². The van der Waals surface area contributed by atoms with Gasteiger partial charge in [-0.1, -0.05) is 25.4 Å². The molecule has 2 aromatic rings. The summed E-state index contributed by atoms with van der Waals surface area (Å²) in [5.41, 5.74) is 1.86. The number of hydrogen-bond acceptors (Lipinski definition) is 6. The average Bonchev–Trinajstić information content (AvgIpc) is 3.18. The summed E-state index contributed by atoms with van der Waals surface area (Å²) in [5.74, 6) is 2.36. The van der Waals surface area contributed by atoms with E-state index in [1.165, 1.54) is 0 Å². The van der Waals surface area contributed by atoms with Crippen LogP contribution in [-0.2, 0) is 16.0 Å². The molecular weight excluding hydrogens is 515 g/mol. The number of carbonyl (C=O) groups excluding carboxylic acids is 1. The molecule has 0 radical (unpaired) electrons. The summed E-state index contributed by atoms with van der Waals surface area (Å²) in [6.45, 7) is 12.1. The van der Waals surface area contributed by atoms with Gasteiger partial charge in [0.1, 0.15) is 11.9 Å². The summed E-state index contributed by atoms with van der Waals surface area (Å²) in [6.07, 6.45) is 3.50. The summed E-state index contributed by atoms with van der Waals surface area (Å²) in [5, 5.41) is 8.02. The standard InChI is InChI=1S/C27H39ClN4O4.ClH/c1-19(2)18-35-25-9-6-23(28)15-22(25)17-32-20(3)14-26(30-32)29-27(33)36-24-7-4-21(5-8-24)16-31-10-12-34-13-11-31;/h6,9,14-15,19,21,24H,4-5,7-8,10-13,16-18H2,1-3H3,(H,29,30,33);1H. The third kappa shape index (κ3) is 9.06. The summed E-state index contributed by atoms with van der Waals surface area (Å²) in [4.78, 5) is 15.1. The predicted octanol–water partition coefficient (Wildman–Crippen LogP) is 5.79. The first-order valence-corrected chi connectivity index (χ1v) is 13.5. The summed E-state index contributed by atoms with van der Waals surface area (Å²) >= 11 is 6.24. The molecule has 0 spiro atoms. The molecule has 0 unspecified atom stereocenters. The molecule has 8 nitrogen and oxygen atoms in total. The highest BCUT2D eigenvalue weighted by molar-refractivity contribution is 6.30. The lowest BCUT2D eigenvalue weighted by atomic mass is 9.87. The zero-order chi connectivity index (χ0) is 25.5. The van der Waals surface area contributed by atoms with E-state index in [-0.39, 0.29) is 18.5 Å². The van der Waals surface area contributed by atoms with Crippen molar-refractivity contribution in [2.45, 2.75) is 59.1 Å². The highest BCUT2D eigenvalue weighted by Crippen LogP contribution is 2.28. The topological polar surface area (TPSA) is 77.9 Å². The van der Waals surface area contributed by atoms with Gasteiger partial charge in [-0.15, -0.1) is 12.4 Å². The van der Waals surface area contributed by atoms with E-state index >= 15 is 0 Å². The van der Waals surface area contributed by atoms with Crippen LogP contribution in [0.2, 0.25) is 5.02 Å². The van der Waals surface area contributed by atoms with E-state index in [2.05, 4.69) is 29.2 Å². The zero-order valence-corrected chi connectivity index (χ0v) is 23.7. The number of nitrogens with zero attached hydrogens (tertiary/aromatic N) is 3. The van der Waals surface area contributed by atoms with E-state index in [0.29, 0.717) is 35.8 Å². The molecule has 2 heterocycles. The van der Waals surface area contributed by atoms with Crippen LogP contribution in [0.1, 0.15) is 50.8 Å². The van der Waals surface area contributed by atoms with Crippen LogP contribution in [0.5, 0.6) is 5.75 Å². The van der Waals surface area contributed by atoms with Gasteiger partial charge in [-0.3, -0.25) is 14.9 Å². The van der Waals surface area contributed by atoms with Crippen molar-refractivity contribution in [3.05, 3.63) is 40.5 Å². The lowest BCUT2D eigenvalue weighted by Gasteiger charge is -2.34. The van der Waals surface area contributed by atoms with Gasteiger partial charge in [0, 0.05) is 42.0 Å². The Morgan fingerprint density at radius 2 is 1.92 bits per heavy atom. The molecule has 1 aromatic carbocycles. The third-order valence-corrected chi connectivity index (χ3v) is 7.05. The average molecular weight is 556 g/mol. The normalized spacial score (nSPS) is 20.4. The number of anilines is 1. The first kappa shape index (κ1) is 29.6. The molecule has 1 saturated carbocycles. The van der Waals surface area contributed by atoms with Crippen molar-refractivity contribution in [1.82, 2.24) is 14.7 Å². The van der Waals surface area contributed by atoms with Gasteiger partial charge in [0.05, 0.1) is 26.4 Å². The van der Waals surface area contributed by atoms with Gasteiger partial charge in [0.2, 0.25) is 0 Å². The summed E-state index contributed by atoms with van der Waals surface area (Å²) in [7, 11) is 0. The molecular formula is C27H40Cl2N4O4. The fraction of sp³-hybridized carbons (Fsp3) is 0.630. The van der Waals surface area contributed by atoms with Crippen LogP contribution in [0.15, 0.2) is 24.3 Å². The molecule has 4 rings (SSSR count). The van der Waals surface area contributed by atoms with E-state index in [1.807, 2.05) is 35.9 Å². The highest BCUT2D eigenvalue weighted by atomic mass is 35.5. The Morgan fingerprint density at radius 3 is 2.62 bits per heavy atom. The van der Waals surface area contributed by atoms with Gasteiger partial charge >= 0.3 is 6.09 Å². The SMILES string of the molecule is Cc1cc(NC(=O)OC2CCC(CN3CCOCC3)CC2)nn1Cc1cc(Cl)ccc1OCC(C)C.Cl. The number of ether oxygens (including phenoxy) is 3. The summed E-state index contributed by atoms with van der Waals surface area (Å²) in [6, 6.07) is 7.47. The van der Waals surface area contributed by atoms with Crippen LogP contribution in [0.4, 0.5) is 10.6 Å². The van der Waals surface area contributed by atoms with Crippen LogP contribution < -0.4 is 10.1 Å². The third-order valence-electron chi connectivity index (χ3n) is 6.81. The maximum absolute atomic E-state index is 12.6. The number of morpholine rings is 1. The van der Waals surface area contributed by atoms with Gasteiger partial charge in [0.15, 0.2) is 5.82 Å². The minimum absolute atomic E-state index is 0. The number of halogens is 2. The molecule has 2 fully saturated rings. The Balaban J connectivity index is 0.00000380. The maximum atomic E-state index is 12.6. The Bertz CT molecular complexity index is 1000. The fourth-order valence-electron chi connectivity index (χ4n) is 4.83.